The molecule has 5 heteroatoms. The van der Waals surface area contributed by atoms with Crippen molar-refractivity contribution in [3.63, 3.8) is 0 Å². The van der Waals surface area contributed by atoms with Crippen molar-refractivity contribution >= 4 is 11.6 Å². The number of hydrogen-bond acceptors (Lipinski definition) is 4. The van der Waals surface area contributed by atoms with E-state index in [1.807, 2.05) is 103 Å². The number of anilines is 1. The van der Waals surface area contributed by atoms with Crippen LogP contribution in [-0.2, 0) is 6.61 Å². The van der Waals surface area contributed by atoms with Gasteiger partial charge >= 0.3 is 0 Å². The van der Waals surface area contributed by atoms with Gasteiger partial charge in [-0.15, -0.1) is 0 Å². The second-order valence-corrected chi connectivity index (χ2v) is 7.69. The Morgan fingerprint density at radius 2 is 1.47 bits per heavy atom. The number of rotatable bonds is 7. The Bertz CT molecular complexity index is 1380. The van der Waals surface area contributed by atoms with E-state index in [4.69, 9.17) is 9.15 Å². The van der Waals surface area contributed by atoms with Gasteiger partial charge in [0, 0.05) is 16.8 Å². The predicted molar refractivity (Wildman–Crippen MR) is 133 cm³/mol. The molecule has 1 heterocycles. The maximum atomic E-state index is 13.1. The fourth-order valence-corrected chi connectivity index (χ4v) is 3.58. The summed E-state index contributed by atoms with van der Waals surface area (Å²) in [6.07, 6.45) is 1.67. The lowest BCUT2D eigenvalue weighted by atomic mass is 10.1. The summed E-state index contributed by atoms with van der Waals surface area (Å²) >= 11 is 0. The average molecular weight is 447 g/mol. The van der Waals surface area contributed by atoms with E-state index >= 15 is 0 Å². The molecule has 0 bridgehead atoms. The fourth-order valence-electron chi connectivity index (χ4n) is 3.58. The lowest BCUT2D eigenvalue weighted by molar-refractivity contribution is 0.102. The first kappa shape index (κ1) is 21.2. The van der Waals surface area contributed by atoms with Crippen molar-refractivity contribution < 1.29 is 13.9 Å². The van der Waals surface area contributed by atoms with E-state index in [9.17, 15) is 4.79 Å². The SMILES string of the molecule is O=C(Nc1ccc(OCc2ccccc2)cc1)c1ccccc1-c1ncc(-c2ccccc2)o1. The van der Waals surface area contributed by atoms with Crippen molar-refractivity contribution in [2.75, 3.05) is 5.32 Å². The van der Waals surface area contributed by atoms with Crippen molar-refractivity contribution in [1.82, 2.24) is 4.98 Å². The lowest BCUT2D eigenvalue weighted by Crippen LogP contribution is -2.13. The summed E-state index contributed by atoms with van der Waals surface area (Å²) in [5.74, 6) is 1.54. The smallest absolute Gasteiger partial charge is 0.256 e. The first-order chi connectivity index (χ1) is 16.8. The molecule has 0 fully saturated rings. The highest BCUT2D eigenvalue weighted by Crippen LogP contribution is 2.28. The molecule has 34 heavy (non-hydrogen) atoms. The van der Waals surface area contributed by atoms with Crippen LogP contribution in [0, 0.1) is 0 Å². The Morgan fingerprint density at radius 3 is 2.24 bits per heavy atom. The van der Waals surface area contributed by atoms with Crippen LogP contribution in [0.1, 0.15) is 15.9 Å². The summed E-state index contributed by atoms with van der Waals surface area (Å²) in [6, 6.07) is 34.3. The van der Waals surface area contributed by atoms with E-state index in [-0.39, 0.29) is 5.91 Å². The zero-order valence-electron chi connectivity index (χ0n) is 18.3. The number of benzene rings is 4. The first-order valence-electron chi connectivity index (χ1n) is 10.9. The minimum absolute atomic E-state index is 0.243. The molecule has 0 spiro atoms. The van der Waals surface area contributed by atoms with E-state index in [0.29, 0.717) is 35.1 Å². The van der Waals surface area contributed by atoms with Gasteiger partial charge in [-0.3, -0.25) is 4.79 Å². The molecule has 1 amide bonds. The second-order valence-electron chi connectivity index (χ2n) is 7.69. The minimum atomic E-state index is -0.243. The molecule has 5 rings (SSSR count). The maximum absolute atomic E-state index is 13.1. The van der Waals surface area contributed by atoms with Crippen LogP contribution < -0.4 is 10.1 Å². The summed E-state index contributed by atoms with van der Waals surface area (Å²) < 4.78 is 11.8. The van der Waals surface area contributed by atoms with Crippen LogP contribution in [0.3, 0.4) is 0 Å². The number of aromatic nitrogens is 1. The Balaban J connectivity index is 1.29. The predicted octanol–water partition coefficient (Wildman–Crippen LogP) is 6.84. The van der Waals surface area contributed by atoms with Crippen molar-refractivity contribution in [2.24, 2.45) is 0 Å². The fraction of sp³-hybridized carbons (Fsp3) is 0.0345. The Kier molecular flexibility index (Phi) is 6.16. The van der Waals surface area contributed by atoms with Crippen LogP contribution in [0.2, 0.25) is 0 Å². The molecule has 0 aliphatic heterocycles. The van der Waals surface area contributed by atoms with Gasteiger partial charge in [-0.2, -0.15) is 0 Å². The van der Waals surface area contributed by atoms with Gasteiger partial charge in [-0.1, -0.05) is 72.8 Å². The molecule has 4 aromatic carbocycles. The maximum Gasteiger partial charge on any atom is 0.256 e. The van der Waals surface area contributed by atoms with Gasteiger partial charge in [0.1, 0.15) is 12.4 Å². The van der Waals surface area contributed by atoms with Crippen LogP contribution in [0.5, 0.6) is 5.75 Å². The van der Waals surface area contributed by atoms with Crippen LogP contribution in [-0.4, -0.2) is 10.9 Å². The molecule has 5 aromatic rings. The number of oxazole rings is 1. The second kappa shape index (κ2) is 9.88. The molecular weight excluding hydrogens is 424 g/mol. The summed E-state index contributed by atoms with van der Waals surface area (Å²) in [5.41, 5.74) is 3.80. The number of ether oxygens (including phenoxy) is 1. The van der Waals surface area contributed by atoms with Crippen LogP contribution in [0.25, 0.3) is 22.8 Å². The topological polar surface area (TPSA) is 64.4 Å². The third-order valence-corrected chi connectivity index (χ3v) is 5.33. The highest BCUT2D eigenvalue weighted by atomic mass is 16.5. The Labute approximate surface area is 197 Å². The highest BCUT2D eigenvalue weighted by molar-refractivity contribution is 6.08. The van der Waals surface area contributed by atoms with Crippen molar-refractivity contribution in [3.8, 4) is 28.5 Å². The van der Waals surface area contributed by atoms with Gasteiger partial charge in [0.05, 0.1) is 11.8 Å². The minimum Gasteiger partial charge on any atom is -0.489 e. The van der Waals surface area contributed by atoms with Gasteiger partial charge in [0.25, 0.3) is 5.91 Å². The van der Waals surface area contributed by atoms with Gasteiger partial charge in [-0.25, -0.2) is 4.98 Å². The molecule has 0 radical (unpaired) electrons. The first-order valence-corrected chi connectivity index (χ1v) is 10.9. The van der Waals surface area contributed by atoms with Gasteiger partial charge < -0.3 is 14.5 Å². The van der Waals surface area contributed by atoms with Gasteiger partial charge in [-0.05, 0) is 42.0 Å². The molecule has 5 nitrogen and oxygen atoms in total. The van der Waals surface area contributed by atoms with Crippen LogP contribution >= 0.6 is 0 Å². The van der Waals surface area contributed by atoms with Crippen molar-refractivity contribution in [3.05, 3.63) is 127 Å². The van der Waals surface area contributed by atoms with E-state index in [0.717, 1.165) is 16.9 Å². The number of hydrogen-bond donors (Lipinski definition) is 1. The quantitative estimate of drug-likeness (QED) is 0.297. The molecule has 0 saturated heterocycles. The lowest BCUT2D eigenvalue weighted by Gasteiger charge is -2.10. The molecule has 1 aromatic heterocycles. The van der Waals surface area contributed by atoms with Crippen LogP contribution in [0.15, 0.2) is 120 Å². The number of carbonyl (C=O) groups is 1. The van der Waals surface area contributed by atoms with E-state index < -0.39 is 0 Å². The highest BCUT2D eigenvalue weighted by Gasteiger charge is 2.17. The normalized spacial score (nSPS) is 10.6. The molecule has 0 aliphatic rings. The van der Waals surface area contributed by atoms with E-state index in [1.54, 1.807) is 12.3 Å². The molecule has 0 saturated carbocycles. The molecular formula is C29H22N2O3. The number of nitrogens with zero attached hydrogens (tertiary/aromatic N) is 1. The molecule has 166 valence electrons. The largest absolute Gasteiger partial charge is 0.489 e. The van der Waals surface area contributed by atoms with Gasteiger partial charge in [0.2, 0.25) is 5.89 Å². The molecule has 1 N–H and O–H groups in total. The van der Waals surface area contributed by atoms with Crippen LogP contribution in [0.4, 0.5) is 5.69 Å². The summed E-state index contributed by atoms with van der Waals surface area (Å²) in [6.45, 7) is 0.487. The van der Waals surface area contributed by atoms with Crippen molar-refractivity contribution in [2.45, 2.75) is 6.61 Å². The van der Waals surface area contributed by atoms with E-state index in [1.165, 1.54) is 0 Å². The summed E-state index contributed by atoms with van der Waals surface area (Å²) in [4.78, 5) is 17.5. The Morgan fingerprint density at radius 1 is 0.794 bits per heavy atom. The number of carbonyl (C=O) groups excluding carboxylic acids is 1. The summed E-state index contributed by atoms with van der Waals surface area (Å²) in [7, 11) is 0. The molecule has 0 unspecified atom stereocenters. The van der Waals surface area contributed by atoms with E-state index in [2.05, 4.69) is 10.3 Å². The number of nitrogens with one attached hydrogen (secondary N) is 1. The molecule has 0 atom stereocenters. The van der Waals surface area contributed by atoms with Crippen molar-refractivity contribution in [1.29, 1.82) is 0 Å². The zero-order chi connectivity index (χ0) is 23.2. The Hall–Kier alpha value is -4.64. The zero-order valence-corrected chi connectivity index (χ0v) is 18.3. The third-order valence-electron chi connectivity index (χ3n) is 5.33. The molecule has 0 aliphatic carbocycles. The summed E-state index contributed by atoms with van der Waals surface area (Å²) in [5, 5.41) is 2.94. The monoisotopic (exact) mass is 446 g/mol. The third kappa shape index (κ3) is 4.89. The van der Waals surface area contributed by atoms with Gasteiger partial charge in [0.15, 0.2) is 5.76 Å². The average Bonchev–Trinajstić information content (AvgIpc) is 3.40. The number of amides is 1. The standard InChI is InChI=1S/C29H22N2O3/c32-28(31-23-15-17-24(18-16-23)33-20-21-9-3-1-4-10-21)25-13-7-8-14-26(25)29-30-19-27(34-29)22-11-5-2-6-12-22/h1-19H,20H2,(H,31,32).